The first-order chi connectivity index (χ1) is 9.71. The van der Waals surface area contributed by atoms with Crippen LogP contribution >= 0.6 is 0 Å². The molecule has 0 atom stereocenters. The van der Waals surface area contributed by atoms with Gasteiger partial charge >= 0.3 is 0 Å². The average molecular weight is 273 g/mol. The molecule has 0 radical (unpaired) electrons. The van der Waals surface area contributed by atoms with Crippen LogP contribution in [-0.2, 0) is 6.61 Å². The lowest BCUT2D eigenvalue weighted by molar-refractivity contribution is 0.281. The van der Waals surface area contributed by atoms with Crippen LogP contribution in [-0.4, -0.2) is 21.6 Å². The third-order valence-electron chi connectivity index (χ3n) is 2.67. The van der Waals surface area contributed by atoms with Crippen LogP contribution in [0.3, 0.4) is 0 Å². The molecule has 0 aliphatic rings. The summed E-state index contributed by atoms with van der Waals surface area (Å²) in [5.41, 5.74) is 0.803. The fourth-order valence-electron chi connectivity index (χ4n) is 1.76. The zero-order valence-electron chi connectivity index (χ0n) is 11.8. The largest absolute Gasteiger partial charge is 0.439 e. The Bertz CT molecular complexity index is 573. The monoisotopic (exact) mass is 273 g/mol. The number of aliphatic hydroxyl groups excluding tert-OH is 1. The molecule has 5 heteroatoms. The highest BCUT2D eigenvalue weighted by Gasteiger charge is 2.04. The summed E-state index contributed by atoms with van der Waals surface area (Å²) >= 11 is 0. The molecule has 0 aliphatic heterocycles. The van der Waals surface area contributed by atoms with Crippen molar-refractivity contribution in [1.29, 1.82) is 0 Å². The molecule has 106 valence electrons. The van der Waals surface area contributed by atoms with Crippen LogP contribution in [0.4, 0.5) is 5.82 Å². The summed E-state index contributed by atoms with van der Waals surface area (Å²) in [4.78, 5) is 8.56. The Balaban J connectivity index is 2.17. The maximum absolute atomic E-state index is 9.12. The van der Waals surface area contributed by atoms with E-state index in [1.54, 1.807) is 12.1 Å². The summed E-state index contributed by atoms with van der Waals surface area (Å²) in [6.07, 6.45) is 1.03. The summed E-state index contributed by atoms with van der Waals surface area (Å²) in [5.74, 6) is 2.55. The van der Waals surface area contributed by atoms with Crippen molar-refractivity contribution in [2.45, 2.75) is 26.9 Å². The van der Waals surface area contributed by atoms with E-state index in [4.69, 9.17) is 9.84 Å². The maximum Gasteiger partial charge on any atom is 0.224 e. The Labute approximate surface area is 118 Å². The van der Waals surface area contributed by atoms with Gasteiger partial charge in [-0.25, -0.2) is 4.98 Å². The number of ether oxygens (including phenoxy) is 1. The van der Waals surface area contributed by atoms with E-state index in [1.807, 2.05) is 25.1 Å². The number of hydrogen-bond donors (Lipinski definition) is 2. The number of benzene rings is 1. The van der Waals surface area contributed by atoms with E-state index in [2.05, 4.69) is 22.2 Å². The van der Waals surface area contributed by atoms with Gasteiger partial charge in [0.2, 0.25) is 5.88 Å². The van der Waals surface area contributed by atoms with Crippen LogP contribution in [0.15, 0.2) is 30.3 Å². The van der Waals surface area contributed by atoms with Crippen molar-refractivity contribution in [3.63, 3.8) is 0 Å². The van der Waals surface area contributed by atoms with E-state index < -0.39 is 0 Å². The fraction of sp³-hybridized carbons (Fsp3) is 0.333. The Hall–Kier alpha value is -2.14. The van der Waals surface area contributed by atoms with Crippen LogP contribution in [0.2, 0.25) is 0 Å². The molecule has 5 nitrogen and oxygen atoms in total. The number of aromatic nitrogens is 2. The summed E-state index contributed by atoms with van der Waals surface area (Å²) in [7, 11) is 0. The van der Waals surface area contributed by atoms with E-state index in [1.165, 1.54) is 0 Å². The van der Waals surface area contributed by atoms with Crippen molar-refractivity contribution in [2.24, 2.45) is 0 Å². The fourth-order valence-corrected chi connectivity index (χ4v) is 1.76. The molecule has 0 unspecified atom stereocenters. The van der Waals surface area contributed by atoms with Gasteiger partial charge in [-0.3, -0.25) is 0 Å². The first kappa shape index (κ1) is 14.3. The molecule has 0 saturated carbocycles. The van der Waals surface area contributed by atoms with Crippen molar-refractivity contribution in [2.75, 3.05) is 11.9 Å². The Morgan fingerprint density at radius 2 is 2.10 bits per heavy atom. The number of aryl methyl sites for hydroxylation is 1. The second-order valence-corrected chi connectivity index (χ2v) is 4.47. The summed E-state index contributed by atoms with van der Waals surface area (Å²) < 4.78 is 5.72. The molecule has 0 amide bonds. The quantitative estimate of drug-likeness (QED) is 0.847. The number of anilines is 1. The normalized spacial score (nSPS) is 10.3. The third-order valence-corrected chi connectivity index (χ3v) is 2.67. The number of aliphatic hydroxyl groups is 1. The van der Waals surface area contributed by atoms with E-state index in [0.29, 0.717) is 17.5 Å². The minimum Gasteiger partial charge on any atom is -0.439 e. The van der Waals surface area contributed by atoms with Crippen LogP contribution < -0.4 is 10.1 Å². The topological polar surface area (TPSA) is 67.3 Å². The number of nitrogens with zero attached hydrogens (tertiary/aromatic N) is 2. The Kier molecular flexibility index (Phi) is 4.90. The molecule has 0 saturated heterocycles. The van der Waals surface area contributed by atoms with Gasteiger partial charge in [-0.15, -0.1) is 0 Å². The van der Waals surface area contributed by atoms with E-state index in [9.17, 15) is 0 Å². The standard InChI is InChI=1S/C15H19N3O2/c1-3-7-16-14-9-15(18-11(2)17-14)20-13-6-4-5-12(8-13)10-19/h4-6,8-9,19H,3,7,10H2,1-2H3,(H,16,17,18). The van der Waals surface area contributed by atoms with E-state index in [0.717, 1.165) is 24.3 Å². The van der Waals surface area contributed by atoms with Gasteiger partial charge in [0.25, 0.3) is 0 Å². The number of hydrogen-bond acceptors (Lipinski definition) is 5. The Morgan fingerprint density at radius 1 is 1.25 bits per heavy atom. The summed E-state index contributed by atoms with van der Waals surface area (Å²) in [6, 6.07) is 9.07. The molecule has 1 aromatic carbocycles. The van der Waals surface area contributed by atoms with E-state index >= 15 is 0 Å². The van der Waals surface area contributed by atoms with E-state index in [-0.39, 0.29) is 6.61 Å². The molecule has 0 bridgehead atoms. The predicted molar refractivity (Wildman–Crippen MR) is 78.0 cm³/mol. The zero-order valence-corrected chi connectivity index (χ0v) is 11.8. The van der Waals surface area contributed by atoms with Gasteiger partial charge in [-0.1, -0.05) is 19.1 Å². The minimum atomic E-state index is -0.0106. The van der Waals surface area contributed by atoms with Crippen LogP contribution in [0.1, 0.15) is 24.7 Å². The van der Waals surface area contributed by atoms with Crippen molar-refractivity contribution < 1.29 is 9.84 Å². The number of rotatable bonds is 6. The van der Waals surface area contributed by atoms with Gasteiger partial charge in [0.15, 0.2) is 0 Å². The lowest BCUT2D eigenvalue weighted by Crippen LogP contribution is -2.04. The summed E-state index contributed by atoms with van der Waals surface area (Å²) in [6.45, 7) is 4.77. The van der Waals surface area contributed by atoms with Crippen molar-refractivity contribution in [1.82, 2.24) is 9.97 Å². The molecule has 1 aromatic heterocycles. The molecule has 0 fully saturated rings. The van der Waals surface area contributed by atoms with Crippen LogP contribution in [0.5, 0.6) is 11.6 Å². The molecular weight excluding hydrogens is 254 g/mol. The zero-order chi connectivity index (χ0) is 14.4. The van der Waals surface area contributed by atoms with Gasteiger partial charge in [0.1, 0.15) is 17.4 Å². The lowest BCUT2D eigenvalue weighted by atomic mass is 10.2. The van der Waals surface area contributed by atoms with Crippen molar-refractivity contribution in [3.05, 3.63) is 41.7 Å². The first-order valence-electron chi connectivity index (χ1n) is 6.68. The van der Waals surface area contributed by atoms with Gasteiger partial charge in [0, 0.05) is 12.6 Å². The van der Waals surface area contributed by atoms with Crippen LogP contribution in [0, 0.1) is 6.92 Å². The molecule has 0 aliphatic carbocycles. The summed E-state index contributed by atoms with van der Waals surface area (Å²) in [5, 5.41) is 12.3. The molecule has 0 spiro atoms. The van der Waals surface area contributed by atoms with Crippen molar-refractivity contribution >= 4 is 5.82 Å². The molecule has 2 N–H and O–H groups in total. The highest BCUT2D eigenvalue weighted by Crippen LogP contribution is 2.22. The van der Waals surface area contributed by atoms with Gasteiger partial charge in [-0.2, -0.15) is 4.98 Å². The first-order valence-corrected chi connectivity index (χ1v) is 6.68. The maximum atomic E-state index is 9.12. The molecule has 2 rings (SSSR count). The molecule has 20 heavy (non-hydrogen) atoms. The highest BCUT2D eigenvalue weighted by molar-refractivity contribution is 5.40. The molecular formula is C15H19N3O2. The van der Waals surface area contributed by atoms with Gasteiger partial charge in [0.05, 0.1) is 6.61 Å². The smallest absolute Gasteiger partial charge is 0.224 e. The molecule has 1 heterocycles. The second kappa shape index (κ2) is 6.86. The third kappa shape index (κ3) is 3.93. The molecule has 2 aromatic rings. The van der Waals surface area contributed by atoms with Crippen LogP contribution in [0.25, 0.3) is 0 Å². The average Bonchev–Trinajstić information content (AvgIpc) is 2.44. The lowest BCUT2D eigenvalue weighted by Gasteiger charge is -2.09. The predicted octanol–water partition coefficient (Wildman–Crippen LogP) is 2.89. The van der Waals surface area contributed by atoms with Crippen molar-refractivity contribution in [3.8, 4) is 11.6 Å². The number of nitrogens with one attached hydrogen (secondary N) is 1. The highest BCUT2D eigenvalue weighted by atomic mass is 16.5. The minimum absolute atomic E-state index is 0.0106. The Morgan fingerprint density at radius 3 is 2.85 bits per heavy atom. The van der Waals surface area contributed by atoms with Gasteiger partial charge < -0.3 is 15.2 Å². The van der Waals surface area contributed by atoms with Gasteiger partial charge in [-0.05, 0) is 31.0 Å². The second-order valence-electron chi connectivity index (χ2n) is 4.47. The SMILES string of the molecule is CCCNc1cc(Oc2cccc(CO)c2)nc(C)n1.